The van der Waals surface area contributed by atoms with Crippen LogP contribution in [-0.4, -0.2) is 72.2 Å². The van der Waals surface area contributed by atoms with Crippen molar-refractivity contribution in [3.05, 3.63) is 53.7 Å². The summed E-state index contributed by atoms with van der Waals surface area (Å²) in [6.45, 7) is 11.8. The minimum absolute atomic E-state index is 0.0282. The van der Waals surface area contributed by atoms with Crippen molar-refractivity contribution in [1.29, 1.82) is 0 Å². The zero-order chi connectivity index (χ0) is 23.4. The molecule has 1 N–H and O–H groups in total. The quantitative estimate of drug-likeness (QED) is 0.523. The van der Waals surface area contributed by atoms with Crippen molar-refractivity contribution >= 4 is 28.6 Å². The fraction of sp³-hybridized carbons (Fsp3) is 0.435. The Labute approximate surface area is 192 Å². The van der Waals surface area contributed by atoms with Crippen LogP contribution in [-0.2, 0) is 17.9 Å². The van der Waals surface area contributed by atoms with Crippen LogP contribution >= 0.6 is 0 Å². The smallest absolute Gasteiger partial charge is 0.252 e. The third-order valence-electron chi connectivity index (χ3n) is 6.11. The number of piperazine rings is 1. The van der Waals surface area contributed by atoms with Crippen LogP contribution in [0.15, 0.2) is 48.2 Å². The number of fused-ring (bicyclic) bond motifs is 1. The number of rotatable bonds is 8. The molecule has 10 nitrogen and oxygen atoms in total. The third kappa shape index (κ3) is 4.95. The van der Waals surface area contributed by atoms with E-state index in [1.54, 1.807) is 29.1 Å². The Bertz CT molecular complexity index is 1200. The molecule has 0 saturated carbocycles. The van der Waals surface area contributed by atoms with E-state index in [4.69, 9.17) is 0 Å². The Morgan fingerprint density at radius 3 is 2.82 bits per heavy atom. The van der Waals surface area contributed by atoms with Gasteiger partial charge in [0.25, 0.3) is 5.56 Å². The summed E-state index contributed by atoms with van der Waals surface area (Å²) in [5, 5.41) is 8.22. The van der Waals surface area contributed by atoms with Gasteiger partial charge in [0.1, 0.15) is 5.65 Å². The lowest BCUT2D eigenvalue weighted by atomic mass is 10.1. The topological polar surface area (TPSA) is 101 Å². The summed E-state index contributed by atoms with van der Waals surface area (Å²) in [5.74, 6) is 0.389. The molecule has 1 aliphatic heterocycles. The second-order valence-corrected chi connectivity index (χ2v) is 8.09. The van der Waals surface area contributed by atoms with Gasteiger partial charge in [-0.1, -0.05) is 13.5 Å². The molecule has 10 heteroatoms. The van der Waals surface area contributed by atoms with Gasteiger partial charge in [0.05, 0.1) is 11.9 Å². The van der Waals surface area contributed by atoms with Crippen LogP contribution < -0.4 is 10.9 Å². The number of carbonyl (C=O) groups is 1. The number of hydrogen-bond acceptors (Lipinski definition) is 7. The second kappa shape index (κ2) is 9.95. The van der Waals surface area contributed by atoms with E-state index in [1.807, 2.05) is 22.7 Å². The number of aryl methyl sites for hydroxylation is 1. The highest BCUT2D eigenvalue weighted by Crippen LogP contribution is 2.17. The van der Waals surface area contributed by atoms with Crippen LogP contribution in [0.2, 0.25) is 0 Å². The van der Waals surface area contributed by atoms with Crippen LogP contribution in [0, 0.1) is 0 Å². The molecule has 3 aromatic heterocycles. The summed E-state index contributed by atoms with van der Waals surface area (Å²) in [6, 6.07) is 3.55. The molecular formula is C23H30N8O2. The van der Waals surface area contributed by atoms with Crippen molar-refractivity contribution in [3.8, 4) is 0 Å². The Kier molecular flexibility index (Phi) is 6.83. The maximum Gasteiger partial charge on any atom is 0.252 e. The van der Waals surface area contributed by atoms with E-state index in [0.29, 0.717) is 37.8 Å². The van der Waals surface area contributed by atoms with Gasteiger partial charge in [-0.05, 0) is 25.5 Å². The molecule has 0 bridgehead atoms. The first kappa shape index (κ1) is 22.7. The van der Waals surface area contributed by atoms with Crippen molar-refractivity contribution < 1.29 is 4.79 Å². The molecule has 1 fully saturated rings. The molecule has 0 radical (unpaired) electrons. The van der Waals surface area contributed by atoms with E-state index in [2.05, 4.69) is 38.8 Å². The molecule has 0 spiro atoms. The van der Waals surface area contributed by atoms with Gasteiger partial charge in [-0.25, -0.2) is 4.98 Å². The summed E-state index contributed by atoms with van der Waals surface area (Å²) >= 11 is 0. The van der Waals surface area contributed by atoms with Gasteiger partial charge in [-0.15, -0.1) is 0 Å². The predicted molar refractivity (Wildman–Crippen MR) is 127 cm³/mol. The number of anilines is 2. The standard InChI is InChI=1S/C23H30N8O2/c1-4-19-16-29(20(32)5-2)10-9-28(19)11-12-31-21(33)8-7-17-13-24-23(27-22(17)31)26-18-14-25-30(6-3)15-18/h5,7-8,13-15,19H,2,4,6,9-12,16H2,1,3H3,(H,24,26,27)/t19-/m0/s1. The molecule has 0 aromatic carbocycles. The molecule has 4 heterocycles. The van der Waals surface area contributed by atoms with Crippen molar-refractivity contribution in [1.82, 2.24) is 34.1 Å². The van der Waals surface area contributed by atoms with Gasteiger partial charge in [0, 0.05) is 69.2 Å². The molecule has 1 atom stereocenters. The molecule has 0 unspecified atom stereocenters. The van der Waals surface area contributed by atoms with Crippen LogP contribution in [0.25, 0.3) is 11.0 Å². The van der Waals surface area contributed by atoms with E-state index in [9.17, 15) is 9.59 Å². The highest BCUT2D eigenvalue weighted by atomic mass is 16.2. The average molecular weight is 451 g/mol. The predicted octanol–water partition coefficient (Wildman–Crippen LogP) is 1.86. The fourth-order valence-corrected chi connectivity index (χ4v) is 4.21. The van der Waals surface area contributed by atoms with E-state index in [0.717, 1.165) is 30.6 Å². The molecule has 174 valence electrons. The monoisotopic (exact) mass is 450 g/mol. The Balaban J connectivity index is 1.53. The summed E-state index contributed by atoms with van der Waals surface area (Å²) in [7, 11) is 0. The summed E-state index contributed by atoms with van der Waals surface area (Å²) in [5.41, 5.74) is 1.29. The minimum Gasteiger partial charge on any atom is -0.336 e. The highest BCUT2D eigenvalue weighted by Gasteiger charge is 2.27. The van der Waals surface area contributed by atoms with Crippen LogP contribution in [0.5, 0.6) is 0 Å². The second-order valence-electron chi connectivity index (χ2n) is 8.09. The molecule has 1 saturated heterocycles. The Morgan fingerprint density at radius 2 is 2.09 bits per heavy atom. The number of nitrogens with zero attached hydrogens (tertiary/aromatic N) is 7. The lowest BCUT2D eigenvalue weighted by molar-refractivity contribution is -0.129. The number of hydrogen-bond donors (Lipinski definition) is 1. The van der Waals surface area contributed by atoms with Gasteiger partial charge >= 0.3 is 0 Å². The number of pyridine rings is 1. The van der Waals surface area contributed by atoms with E-state index >= 15 is 0 Å². The molecule has 1 aliphatic rings. The van der Waals surface area contributed by atoms with Crippen molar-refractivity contribution in [3.63, 3.8) is 0 Å². The van der Waals surface area contributed by atoms with E-state index < -0.39 is 0 Å². The third-order valence-corrected chi connectivity index (χ3v) is 6.11. The average Bonchev–Trinajstić information content (AvgIpc) is 3.30. The van der Waals surface area contributed by atoms with Crippen LogP contribution in [0.3, 0.4) is 0 Å². The van der Waals surface area contributed by atoms with Crippen LogP contribution in [0.1, 0.15) is 20.3 Å². The maximum absolute atomic E-state index is 12.7. The summed E-state index contributed by atoms with van der Waals surface area (Å²) in [4.78, 5) is 37.9. The van der Waals surface area contributed by atoms with Gasteiger partial charge in [-0.3, -0.25) is 23.7 Å². The van der Waals surface area contributed by atoms with Gasteiger partial charge < -0.3 is 10.2 Å². The largest absolute Gasteiger partial charge is 0.336 e. The van der Waals surface area contributed by atoms with Gasteiger partial charge in [0.2, 0.25) is 11.9 Å². The zero-order valence-electron chi connectivity index (χ0n) is 19.1. The normalized spacial score (nSPS) is 16.8. The number of nitrogens with one attached hydrogen (secondary N) is 1. The Hall–Kier alpha value is -3.53. The van der Waals surface area contributed by atoms with E-state index in [-0.39, 0.29) is 17.5 Å². The molecule has 0 aliphatic carbocycles. The SMILES string of the molecule is C=CC(=O)N1CCN(CCn2c(=O)ccc3cnc(Nc4cnn(CC)c4)nc32)[C@@H](CC)C1. The summed E-state index contributed by atoms with van der Waals surface area (Å²) < 4.78 is 3.51. The first-order valence-electron chi connectivity index (χ1n) is 11.3. The minimum atomic E-state index is -0.0977. The van der Waals surface area contributed by atoms with Crippen molar-refractivity contribution in [2.75, 3.05) is 31.5 Å². The van der Waals surface area contributed by atoms with Crippen molar-refractivity contribution in [2.45, 2.75) is 39.4 Å². The molecule has 1 amide bonds. The zero-order valence-corrected chi connectivity index (χ0v) is 19.1. The summed E-state index contributed by atoms with van der Waals surface area (Å²) in [6.07, 6.45) is 7.62. The molecule has 3 aromatic rings. The van der Waals surface area contributed by atoms with Gasteiger partial charge in [-0.2, -0.15) is 10.1 Å². The number of carbonyl (C=O) groups excluding carboxylic acids is 1. The Morgan fingerprint density at radius 1 is 1.24 bits per heavy atom. The lowest BCUT2D eigenvalue weighted by Gasteiger charge is -2.41. The number of amides is 1. The fourth-order valence-electron chi connectivity index (χ4n) is 4.21. The lowest BCUT2D eigenvalue weighted by Crippen LogP contribution is -2.55. The molecule has 4 rings (SSSR count). The first-order valence-corrected chi connectivity index (χ1v) is 11.3. The highest BCUT2D eigenvalue weighted by molar-refractivity contribution is 5.87. The van der Waals surface area contributed by atoms with Crippen molar-refractivity contribution in [2.24, 2.45) is 0 Å². The molecular weight excluding hydrogens is 420 g/mol. The van der Waals surface area contributed by atoms with E-state index in [1.165, 1.54) is 6.08 Å². The van der Waals surface area contributed by atoms with Crippen LogP contribution in [0.4, 0.5) is 11.6 Å². The molecule has 33 heavy (non-hydrogen) atoms. The maximum atomic E-state index is 12.7. The number of aromatic nitrogens is 5. The first-order chi connectivity index (χ1) is 16.0. The van der Waals surface area contributed by atoms with Gasteiger partial charge in [0.15, 0.2) is 0 Å².